The maximum Gasteiger partial charge on any atom is 0.170 e. The second-order valence-electron chi connectivity index (χ2n) is 5.03. The van der Waals surface area contributed by atoms with E-state index in [1.54, 1.807) is 12.4 Å². The zero-order valence-electron chi connectivity index (χ0n) is 12.6. The van der Waals surface area contributed by atoms with Crippen LogP contribution in [0.15, 0.2) is 61.4 Å². The van der Waals surface area contributed by atoms with Crippen LogP contribution in [-0.2, 0) is 6.54 Å². The summed E-state index contributed by atoms with van der Waals surface area (Å²) in [5.74, 6) is 0. The highest BCUT2D eigenvalue weighted by Gasteiger charge is 1.99. The van der Waals surface area contributed by atoms with Crippen molar-refractivity contribution in [3.8, 4) is 5.69 Å². The predicted octanol–water partition coefficient (Wildman–Crippen LogP) is 2.45. The van der Waals surface area contributed by atoms with E-state index in [2.05, 4.69) is 20.7 Å². The van der Waals surface area contributed by atoms with Crippen LogP contribution in [-0.4, -0.2) is 31.0 Å². The quantitative estimate of drug-likeness (QED) is 0.538. The van der Waals surface area contributed by atoms with E-state index < -0.39 is 0 Å². The second-order valence-corrected chi connectivity index (χ2v) is 5.44. The lowest BCUT2D eigenvalue weighted by Crippen LogP contribution is -2.29. The molecule has 6 nitrogen and oxygen atoms in total. The molecule has 3 rings (SSSR count). The Morgan fingerprint density at radius 1 is 1.13 bits per heavy atom. The predicted molar refractivity (Wildman–Crippen MR) is 94.6 cm³/mol. The molecule has 2 aromatic heterocycles. The molecule has 0 bridgehead atoms. The summed E-state index contributed by atoms with van der Waals surface area (Å²) >= 11 is 5.30. The van der Waals surface area contributed by atoms with Crippen LogP contribution in [0.25, 0.3) is 5.69 Å². The number of thiocarbonyl (C=S) groups is 1. The fraction of sp³-hybridized carbons (Fsp3) is 0.188. The lowest BCUT2D eigenvalue weighted by Gasteiger charge is -2.11. The molecule has 2 heterocycles. The van der Waals surface area contributed by atoms with Gasteiger partial charge in [-0.1, -0.05) is 0 Å². The summed E-state index contributed by atoms with van der Waals surface area (Å²) in [6.45, 7) is 1.74. The van der Waals surface area contributed by atoms with Gasteiger partial charge in [-0.25, -0.2) is 9.67 Å². The third-order valence-corrected chi connectivity index (χ3v) is 3.58. The van der Waals surface area contributed by atoms with Crippen LogP contribution in [0, 0.1) is 0 Å². The van der Waals surface area contributed by atoms with Crippen LogP contribution in [0.4, 0.5) is 5.69 Å². The van der Waals surface area contributed by atoms with Gasteiger partial charge in [-0.3, -0.25) is 0 Å². The molecule has 0 aliphatic heterocycles. The summed E-state index contributed by atoms with van der Waals surface area (Å²) in [6, 6.07) is 9.86. The van der Waals surface area contributed by atoms with Gasteiger partial charge < -0.3 is 15.2 Å². The monoisotopic (exact) mass is 326 g/mol. The average molecular weight is 326 g/mol. The smallest absolute Gasteiger partial charge is 0.170 e. The molecule has 0 saturated carbocycles. The van der Waals surface area contributed by atoms with Crippen molar-refractivity contribution in [2.24, 2.45) is 0 Å². The molecule has 0 amide bonds. The van der Waals surface area contributed by atoms with Crippen molar-refractivity contribution in [1.29, 1.82) is 0 Å². The van der Waals surface area contributed by atoms with Crippen LogP contribution in [0.2, 0.25) is 0 Å². The molecular formula is C16H18N6S. The first-order valence-corrected chi connectivity index (χ1v) is 7.83. The molecule has 0 radical (unpaired) electrons. The van der Waals surface area contributed by atoms with Crippen molar-refractivity contribution >= 4 is 23.0 Å². The van der Waals surface area contributed by atoms with Crippen LogP contribution < -0.4 is 10.6 Å². The van der Waals surface area contributed by atoms with Gasteiger partial charge >= 0.3 is 0 Å². The van der Waals surface area contributed by atoms with Crippen LogP contribution in [0.5, 0.6) is 0 Å². The Balaban J connectivity index is 1.42. The van der Waals surface area contributed by atoms with E-state index in [4.69, 9.17) is 12.2 Å². The third-order valence-electron chi connectivity index (χ3n) is 3.33. The molecule has 0 aliphatic carbocycles. The first-order chi connectivity index (χ1) is 11.3. The van der Waals surface area contributed by atoms with Gasteiger partial charge in [0.25, 0.3) is 0 Å². The number of hydrogen-bond donors (Lipinski definition) is 2. The van der Waals surface area contributed by atoms with Crippen molar-refractivity contribution in [2.45, 2.75) is 13.0 Å². The van der Waals surface area contributed by atoms with E-state index in [9.17, 15) is 0 Å². The molecule has 1 aromatic carbocycles. The van der Waals surface area contributed by atoms with Gasteiger partial charge in [0.2, 0.25) is 0 Å². The zero-order chi connectivity index (χ0) is 15.9. The Kier molecular flexibility index (Phi) is 5.00. The normalized spacial score (nSPS) is 10.4. The topological polar surface area (TPSA) is 59.7 Å². The van der Waals surface area contributed by atoms with E-state index in [-0.39, 0.29) is 0 Å². The van der Waals surface area contributed by atoms with Crippen LogP contribution in [0.1, 0.15) is 6.42 Å². The van der Waals surface area contributed by atoms with Crippen molar-refractivity contribution in [3.05, 3.63) is 61.4 Å². The van der Waals surface area contributed by atoms with Gasteiger partial charge in [0.15, 0.2) is 5.11 Å². The molecule has 0 atom stereocenters. The Morgan fingerprint density at radius 2 is 2.00 bits per heavy atom. The van der Waals surface area contributed by atoms with E-state index in [0.717, 1.165) is 30.9 Å². The van der Waals surface area contributed by atoms with E-state index in [1.807, 2.05) is 58.3 Å². The van der Waals surface area contributed by atoms with Crippen molar-refractivity contribution < 1.29 is 0 Å². The van der Waals surface area contributed by atoms with Gasteiger partial charge in [0.1, 0.15) is 0 Å². The fourth-order valence-electron chi connectivity index (χ4n) is 2.18. The maximum atomic E-state index is 5.30. The molecule has 0 unspecified atom stereocenters. The molecular weight excluding hydrogens is 308 g/mol. The number of imidazole rings is 1. The number of aryl methyl sites for hydroxylation is 1. The maximum absolute atomic E-state index is 5.30. The van der Waals surface area contributed by atoms with Crippen LogP contribution in [0.3, 0.4) is 0 Å². The van der Waals surface area contributed by atoms with Gasteiger partial charge in [-0.15, -0.1) is 0 Å². The molecule has 3 aromatic rings. The largest absolute Gasteiger partial charge is 0.362 e. The lowest BCUT2D eigenvalue weighted by molar-refractivity contribution is 0.632. The second kappa shape index (κ2) is 7.55. The minimum Gasteiger partial charge on any atom is -0.362 e. The number of benzene rings is 1. The van der Waals surface area contributed by atoms with Gasteiger partial charge in [0.05, 0.1) is 12.0 Å². The van der Waals surface area contributed by atoms with Gasteiger partial charge in [-0.05, 0) is 49.0 Å². The Bertz CT molecular complexity index is 719. The molecule has 0 saturated heterocycles. The zero-order valence-corrected chi connectivity index (χ0v) is 13.4. The van der Waals surface area contributed by atoms with Crippen molar-refractivity contribution in [1.82, 2.24) is 24.6 Å². The van der Waals surface area contributed by atoms with E-state index in [0.29, 0.717) is 5.11 Å². The Labute approximate surface area is 140 Å². The highest BCUT2D eigenvalue weighted by molar-refractivity contribution is 7.80. The fourth-order valence-corrected chi connectivity index (χ4v) is 2.40. The SMILES string of the molecule is S=C(NCCCn1ccnc1)Nc1ccc(-n2cccn2)cc1. The highest BCUT2D eigenvalue weighted by Crippen LogP contribution is 2.12. The van der Waals surface area contributed by atoms with E-state index >= 15 is 0 Å². The first-order valence-electron chi connectivity index (χ1n) is 7.42. The molecule has 2 N–H and O–H groups in total. The number of nitrogens with zero attached hydrogens (tertiary/aromatic N) is 4. The molecule has 23 heavy (non-hydrogen) atoms. The summed E-state index contributed by atoms with van der Waals surface area (Å²) in [7, 11) is 0. The molecule has 7 heteroatoms. The summed E-state index contributed by atoms with van der Waals surface area (Å²) in [4.78, 5) is 4.02. The molecule has 118 valence electrons. The summed E-state index contributed by atoms with van der Waals surface area (Å²) in [6.07, 6.45) is 10.2. The summed E-state index contributed by atoms with van der Waals surface area (Å²) in [5, 5.41) is 11.2. The number of rotatable bonds is 6. The number of nitrogens with one attached hydrogen (secondary N) is 2. The van der Waals surface area contributed by atoms with Crippen LogP contribution >= 0.6 is 12.2 Å². The molecule has 0 fully saturated rings. The third kappa shape index (κ3) is 4.40. The molecule has 0 aliphatic rings. The molecule has 0 spiro atoms. The minimum atomic E-state index is 0.627. The van der Waals surface area contributed by atoms with Crippen molar-refractivity contribution in [2.75, 3.05) is 11.9 Å². The standard InChI is InChI=1S/C16H18N6S/c23-16(18-7-1-10-21-12-9-17-13-21)20-14-3-5-15(6-4-14)22-11-2-8-19-22/h2-6,8-9,11-13H,1,7,10H2,(H2,18,20,23). The Hall–Kier alpha value is -2.67. The number of anilines is 1. The summed E-state index contributed by atoms with van der Waals surface area (Å²) in [5.41, 5.74) is 1.97. The lowest BCUT2D eigenvalue weighted by atomic mass is 10.3. The number of aromatic nitrogens is 4. The highest BCUT2D eigenvalue weighted by atomic mass is 32.1. The minimum absolute atomic E-state index is 0.627. The summed E-state index contributed by atoms with van der Waals surface area (Å²) < 4.78 is 3.86. The Morgan fingerprint density at radius 3 is 2.70 bits per heavy atom. The van der Waals surface area contributed by atoms with Gasteiger partial charge in [-0.2, -0.15) is 5.10 Å². The van der Waals surface area contributed by atoms with Crippen molar-refractivity contribution in [3.63, 3.8) is 0 Å². The average Bonchev–Trinajstić information content (AvgIpc) is 3.26. The van der Waals surface area contributed by atoms with Gasteiger partial charge in [0, 0.05) is 43.6 Å². The van der Waals surface area contributed by atoms with E-state index in [1.165, 1.54) is 0 Å². The first kappa shape index (κ1) is 15.2. The number of hydrogen-bond acceptors (Lipinski definition) is 3.